The number of aliphatic hydroxyl groups excluding tert-OH is 1. The highest BCUT2D eigenvalue weighted by Crippen LogP contribution is 2.33. The topological polar surface area (TPSA) is 35.5 Å². The maximum absolute atomic E-state index is 9.55. The molecule has 0 bridgehead atoms. The molecule has 0 saturated carbocycles. The monoisotopic (exact) mass is 198 g/mol. The molecule has 82 valence electrons. The summed E-state index contributed by atoms with van der Waals surface area (Å²) in [7, 11) is 0. The molecule has 2 N–H and O–H groups in total. The smallest absolute Gasteiger partial charge is 0.0616 e. The molecule has 0 spiro atoms. The van der Waals surface area contributed by atoms with Crippen molar-refractivity contribution in [3.8, 4) is 0 Å². The minimum absolute atomic E-state index is 0.0594. The van der Waals surface area contributed by atoms with Crippen LogP contribution < -0.4 is 5.32 Å². The van der Waals surface area contributed by atoms with Crippen LogP contribution >= 0.6 is 0 Å². The number of likely N-dealkylation sites (tertiary alicyclic amines) is 1. The molecular formula is C11H22N2O. The van der Waals surface area contributed by atoms with E-state index in [1.807, 2.05) is 0 Å². The van der Waals surface area contributed by atoms with Crippen LogP contribution in [0.5, 0.6) is 0 Å². The molecule has 0 aliphatic carbocycles. The van der Waals surface area contributed by atoms with Crippen LogP contribution in [0, 0.1) is 5.92 Å². The van der Waals surface area contributed by atoms with Crippen LogP contribution in [0.4, 0.5) is 0 Å². The van der Waals surface area contributed by atoms with Gasteiger partial charge >= 0.3 is 0 Å². The summed E-state index contributed by atoms with van der Waals surface area (Å²) < 4.78 is 0. The lowest BCUT2D eigenvalue weighted by molar-refractivity contribution is 0.122. The average Bonchev–Trinajstić information content (AvgIpc) is 2.87. The second kappa shape index (κ2) is 4.17. The van der Waals surface area contributed by atoms with E-state index < -0.39 is 0 Å². The van der Waals surface area contributed by atoms with Gasteiger partial charge in [-0.2, -0.15) is 0 Å². The molecule has 3 heteroatoms. The van der Waals surface area contributed by atoms with Gasteiger partial charge in [-0.1, -0.05) is 6.92 Å². The minimum atomic E-state index is 0.0594. The fourth-order valence-electron chi connectivity index (χ4n) is 3.01. The Balaban J connectivity index is 1.99. The van der Waals surface area contributed by atoms with Gasteiger partial charge in [0, 0.05) is 12.1 Å². The fourth-order valence-corrected chi connectivity index (χ4v) is 3.01. The first-order valence-electron chi connectivity index (χ1n) is 5.89. The van der Waals surface area contributed by atoms with E-state index in [-0.39, 0.29) is 5.54 Å². The number of nitrogens with zero attached hydrogens (tertiary/aromatic N) is 1. The van der Waals surface area contributed by atoms with Crippen LogP contribution in [-0.2, 0) is 0 Å². The van der Waals surface area contributed by atoms with Crippen LogP contribution in [0.15, 0.2) is 0 Å². The SMILES string of the molecule is CCN1CCC(C2(CO)CCCN2)C1. The van der Waals surface area contributed by atoms with Crippen LogP contribution in [-0.4, -0.2) is 48.3 Å². The molecule has 0 aromatic heterocycles. The predicted molar refractivity (Wildman–Crippen MR) is 57.3 cm³/mol. The van der Waals surface area contributed by atoms with E-state index in [0.29, 0.717) is 12.5 Å². The Hall–Kier alpha value is -0.120. The summed E-state index contributed by atoms with van der Waals surface area (Å²) in [6.07, 6.45) is 3.64. The zero-order valence-corrected chi connectivity index (χ0v) is 9.13. The van der Waals surface area contributed by atoms with Crippen molar-refractivity contribution in [3.05, 3.63) is 0 Å². The average molecular weight is 198 g/mol. The lowest BCUT2D eigenvalue weighted by atomic mass is 9.82. The number of hydrogen-bond donors (Lipinski definition) is 2. The van der Waals surface area contributed by atoms with Crippen LogP contribution in [0.3, 0.4) is 0 Å². The van der Waals surface area contributed by atoms with Gasteiger partial charge in [0.15, 0.2) is 0 Å². The lowest BCUT2D eigenvalue weighted by Gasteiger charge is -2.34. The van der Waals surface area contributed by atoms with Gasteiger partial charge in [0.05, 0.1) is 6.61 Å². The van der Waals surface area contributed by atoms with Crippen molar-refractivity contribution in [2.45, 2.75) is 31.7 Å². The minimum Gasteiger partial charge on any atom is -0.394 e. The quantitative estimate of drug-likeness (QED) is 0.691. The zero-order valence-electron chi connectivity index (χ0n) is 9.13. The molecule has 3 nitrogen and oxygen atoms in total. The maximum Gasteiger partial charge on any atom is 0.0616 e. The van der Waals surface area contributed by atoms with Crippen molar-refractivity contribution in [2.75, 3.05) is 32.8 Å². The van der Waals surface area contributed by atoms with E-state index in [1.54, 1.807) is 0 Å². The first-order valence-corrected chi connectivity index (χ1v) is 5.89. The first-order chi connectivity index (χ1) is 6.80. The number of nitrogens with one attached hydrogen (secondary N) is 1. The molecule has 14 heavy (non-hydrogen) atoms. The van der Waals surface area contributed by atoms with E-state index in [2.05, 4.69) is 17.1 Å². The van der Waals surface area contributed by atoms with E-state index in [1.165, 1.54) is 25.9 Å². The molecule has 2 aliphatic rings. The largest absolute Gasteiger partial charge is 0.394 e. The molecule has 2 rings (SSSR count). The summed E-state index contributed by atoms with van der Waals surface area (Å²) in [5.74, 6) is 0.662. The summed E-state index contributed by atoms with van der Waals surface area (Å²) in [6, 6.07) is 0. The van der Waals surface area contributed by atoms with Gasteiger partial charge in [-0.25, -0.2) is 0 Å². The summed E-state index contributed by atoms with van der Waals surface area (Å²) in [5.41, 5.74) is 0.0594. The molecule has 2 saturated heterocycles. The normalized spacial score (nSPS) is 39.4. The van der Waals surface area contributed by atoms with Gasteiger partial charge in [0.2, 0.25) is 0 Å². The van der Waals surface area contributed by atoms with E-state index in [9.17, 15) is 5.11 Å². The Morgan fingerprint density at radius 1 is 1.57 bits per heavy atom. The van der Waals surface area contributed by atoms with Crippen LogP contribution in [0.1, 0.15) is 26.2 Å². The van der Waals surface area contributed by atoms with Crippen molar-refractivity contribution in [2.24, 2.45) is 5.92 Å². The maximum atomic E-state index is 9.55. The molecule has 2 heterocycles. The Morgan fingerprint density at radius 2 is 2.43 bits per heavy atom. The summed E-state index contributed by atoms with van der Waals surface area (Å²) in [5, 5.41) is 13.1. The Kier molecular flexibility index (Phi) is 3.10. The molecule has 2 unspecified atom stereocenters. The third kappa shape index (κ3) is 1.69. The van der Waals surface area contributed by atoms with E-state index in [4.69, 9.17) is 0 Å². The lowest BCUT2D eigenvalue weighted by Crippen LogP contribution is -2.51. The Morgan fingerprint density at radius 3 is 2.93 bits per heavy atom. The molecule has 0 aromatic rings. The second-order valence-corrected chi connectivity index (χ2v) is 4.72. The second-order valence-electron chi connectivity index (χ2n) is 4.72. The molecule has 0 radical (unpaired) electrons. The predicted octanol–water partition coefficient (Wildman–Crippen LogP) is 0.443. The highest BCUT2D eigenvalue weighted by Gasteiger charge is 2.43. The highest BCUT2D eigenvalue weighted by molar-refractivity contribution is 5.01. The number of aliphatic hydroxyl groups is 1. The molecule has 2 aliphatic heterocycles. The number of rotatable bonds is 3. The Labute approximate surface area is 86.5 Å². The van der Waals surface area contributed by atoms with Gasteiger partial charge in [-0.3, -0.25) is 0 Å². The molecule has 2 atom stereocenters. The van der Waals surface area contributed by atoms with E-state index >= 15 is 0 Å². The third-order valence-electron chi connectivity index (χ3n) is 4.06. The first kappa shape index (κ1) is 10.4. The molecular weight excluding hydrogens is 176 g/mol. The van der Waals surface area contributed by atoms with Crippen molar-refractivity contribution in [1.82, 2.24) is 10.2 Å². The van der Waals surface area contributed by atoms with Gasteiger partial charge in [-0.05, 0) is 44.8 Å². The standard InChI is InChI=1S/C11H22N2O/c1-2-13-7-4-10(8-13)11(9-14)5-3-6-12-11/h10,12,14H,2-9H2,1H3. The van der Waals surface area contributed by atoms with Gasteiger partial charge in [0.1, 0.15) is 0 Å². The van der Waals surface area contributed by atoms with Crippen molar-refractivity contribution >= 4 is 0 Å². The molecule has 2 fully saturated rings. The Bertz CT molecular complexity index is 190. The van der Waals surface area contributed by atoms with Crippen LogP contribution in [0.25, 0.3) is 0 Å². The summed E-state index contributed by atoms with van der Waals surface area (Å²) >= 11 is 0. The van der Waals surface area contributed by atoms with Gasteiger partial charge in [-0.15, -0.1) is 0 Å². The molecule has 0 amide bonds. The highest BCUT2D eigenvalue weighted by atomic mass is 16.3. The third-order valence-corrected chi connectivity index (χ3v) is 4.06. The van der Waals surface area contributed by atoms with Gasteiger partial charge in [0.25, 0.3) is 0 Å². The zero-order chi connectivity index (χ0) is 10.0. The van der Waals surface area contributed by atoms with Crippen molar-refractivity contribution in [3.63, 3.8) is 0 Å². The van der Waals surface area contributed by atoms with E-state index in [0.717, 1.165) is 19.5 Å². The van der Waals surface area contributed by atoms with Crippen molar-refractivity contribution < 1.29 is 5.11 Å². The van der Waals surface area contributed by atoms with Gasteiger partial charge < -0.3 is 15.3 Å². The van der Waals surface area contributed by atoms with Crippen LogP contribution in [0.2, 0.25) is 0 Å². The van der Waals surface area contributed by atoms with Crippen molar-refractivity contribution in [1.29, 1.82) is 0 Å². The summed E-state index contributed by atoms with van der Waals surface area (Å²) in [6.45, 7) is 7.15. The molecule has 0 aromatic carbocycles. The number of hydrogen-bond acceptors (Lipinski definition) is 3. The summed E-state index contributed by atoms with van der Waals surface area (Å²) in [4.78, 5) is 2.49. The fraction of sp³-hybridized carbons (Fsp3) is 1.00.